The first-order valence-electron chi connectivity index (χ1n) is 8.53. The van der Waals surface area contributed by atoms with Crippen LogP contribution in [0.25, 0.3) is 0 Å². The molecule has 2 atom stereocenters. The van der Waals surface area contributed by atoms with Crippen molar-refractivity contribution in [2.45, 2.75) is 38.5 Å². The Labute approximate surface area is 150 Å². The van der Waals surface area contributed by atoms with Crippen molar-refractivity contribution in [3.8, 4) is 5.75 Å². The van der Waals surface area contributed by atoms with E-state index in [1.807, 2.05) is 45.0 Å². The fraction of sp³-hybridized carbons (Fsp3) is 0.444. The summed E-state index contributed by atoms with van der Waals surface area (Å²) in [6.07, 6.45) is 0.855. The highest BCUT2D eigenvalue weighted by molar-refractivity contribution is 8.00. The van der Waals surface area contributed by atoms with Crippen LogP contribution in [-0.2, 0) is 4.79 Å². The molecule has 0 fully saturated rings. The van der Waals surface area contributed by atoms with Gasteiger partial charge in [-0.1, -0.05) is 19.1 Å². The molecule has 134 valence electrons. The number of aromatic nitrogens is 2. The van der Waals surface area contributed by atoms with Gasteiger partial charge in [-0.15, -0.1) is 11.8 Å². The third-order valence-electron chi connectivity index (χ3n) is 4.39. The lowest BCUT2D eigenvalue weighted by atomic mass is 10.1. The standard InChI is InChI=1S/C18H23N3O3S/c1-4-11(3)21-17-15(18(23)20-21)16(25-10-14(22)19-17)12-6-8-13(9-7-12)24-5-2/h6-9,11,16H,4-5,10H2,1-3H3,(H,19,22)(H,20,23)/t11-,16-/m1/s1. The number of aromatic amines is 1. The van der Waals surface area contributed by atoms with E-state index < -0.39 is 0 Å². The van der Waals surface area contributed by atoms with Gasteiger partial charge in [0.15, 0.2) is 0 Å². The molecule has 1 aliphatic rings. The molecule has 25 heavy (non-hydrogen) atoms. The number of nitrogens with zero attached hydrogens (tertiary/aromatic N) is 1. The molecule has 0 unspecified atom stereocenters. The van der Waals surface area contributed by atoms with Crippen LogP contribution in [0.4, 0.5) is 5.82 Å². The van der Waals surface area contributed by atoms with Crippen molar-refractivity contribution in [3.63, 3.8) is 0 Å². The van der Waals surface area contributed by atoms with Gasteiger partial charge in [-0.05, 0) is 38.0 Å². The fourth-order valence-electron chi connectivity index (χ4n) is 2.93. The molecule has 2 aromatic rings. The van der Waals surface area contributed by atoms with Crippen LogP contribution >= 0.6 is 11.8 Å². The van der Waals surface area contributed by atoms with Crippen LogP contribution in [0.1, 0.15) is 49.6 Å². The summed E-state index contributed by atoms with van der Waals surface area (Å²) in [6.45, 7) is 6.62. The quantitative estimate of drug-likeness (QED) is 0.856. The molecule has 1 amide bonds. The lowest BCUT2D eigenvalue weighted by Gasteiger charge is -2.16. The highest BCUT2D eigenvalue weighted by atomic mass is 32.2. The zero-order valence-corrected chi connectivity index (χ0v) is 15.5. The average molecular weight is 361 g/mol. The van der Waals surface area contributed by atoms with Crippen molar-refractivity contribution >= 4 is 23.5 Å². The normalized spacial score (nSPS) is 18.2. The number of fused-ring (bicyclic) bond motifs is 1. The third-order valence-corrected chi connectivity index (χ3v) is 5.66. The largest absolute Gasteiger partial charge is 0.494 e. The zero-order valence-electron chi connectivity index (χ0n) is 14.7. The molecule has 7 heteroatoms. The maximum absolute atomic E-state index is 12.7. The molecular weight excluding hydrogens is 338 g/mol. The number of ether oxygens (including phenoxy) is 1. The number of H-pyrrole nitrogens is 1. The Morgan fingerprint density at radius 1 is 1.28 bits per heavy atom. The van der Waals surface area contributed by atoms with Gasteiger partial charge < -0.3 is 10.1 Å². The number of carbonyl (C=O) groups excluding carboxylic acids is 1. The summed E-state index contributed by atoms with van der Waals surface area (Å²) < 4.78 is 7.27. The first kappa shape index (κ1) is 17.7. The van der Waals surface area contributed by atoms with Crippen LogP contribution in [0.15, 0.2) is 29.1 Å². The fourth-order valence-corrected chi connectivity index (χ4v) is 4.05. The van der Waals surface area contributed by atoms with Gasteiger partial charge >= 0.3 is 0 Å². The molecule has 0 saturated heterocycles. The predicted molar refractivity (Wildman–Crippen MR) is 101 cm³/mol. The molecule has 0 aliphatic carbocycles. The highest BCUT2D eigenvalue weighted by Crippen LogP contribution is 2.40. The van der Waals surface area contributed by atoms with Crippen LogP contribution in [0.3, 0.4) is 0 Å². The predicted octanol–water partition coefficient (Wildman–Crippen LogP) is 3.32. The van der Waals surface area contributed by atoms with Gasteiger partial charge in [0, 0.05) is 6.04 Å². The maximum atomic E-state index is 12.7. The molecule has 2 heterocycles. The van der Waals surface area contributed by atoms with Gasteiger partial charge in [0.1, 0.15) is 11.6 Å². The van der Waals surface area contributed by atoms with Crippen molar-refractivity contribution in [3.05, 3.63) is 45.7 Å². The molecular formula is C18H23N3O3S. The molecule has 0 spiro atoms. The number of carbonyl (C=O) groups is 1. The number of nitrogens with one attached hydrogen (secondary N) is 2. The van der Waals surface area contributed by atoms with Crippen LogP contribution in [0.2, 0.25) is 0 Å². The van der Waals surface area contributed by atoms with Gasteiger partial charge in [-0.2, -0.15) is 0 Å². The second kappa shape index (κ2) is 7.39. The van der Waals surface area contributed by atoms with E-state index >= 15 is 0 Å². The molecule has 6 nitrogen and oxygen atoms in total. The molecule has 0 saturated carbocycles. The van der Waals surface area contributed by atoms with Crippen molar-refractivity contribution < 1.29 is 9.53 Å². The Hall–Kier alpha value is -2.15. The van der Waals surface area contributed by atoms with Crippen molar-refractivity contribution in [2.75, 3.05) is 17.7 Å². The average Bonchev–Trinajstić information content (AvgIpc) is 2.82. The summed E-state index contributed by atoms with van der Waals surface area (Å²) in [6, 6.07) is 7.82. The van der Waals surface area contributed by atoms with Gasteiger partial charge in [-0.25, -0.2) is 0 Å². The Morgan fingerprint density at radius 2 is 2.00 bits per heavy atom. The molecule has 1 aromatic carbocycles. The van der Waals surface area contributed by atoms with E-state index in [4.69, 9.17) is 4.74 Å². The van der Waals surface area contributed by atoms with E-state index in [0.29, 0.717) is 23.7 Å². The molecule has 3 rings (SSSR count). The molecule has 1 aliphatic heterocycles. The van der Waals surface area contributed by atoms with Gasteiger partial charge in [0.2, 0.25) is 5.91 Å². The molecule has 0 bridgehead atoms. The van der Waals surface area contributed by atoms with E-state index in [9.17, 15) is 9.59 Å². The first-order chi connectivity index (χ1) is 12.0. The zero-order chi connectivity index (χ0) is 18.0. The van der Waals surface area contributed by atoms with Crippen LogP contribution in [0.5, 0.6) is 5.75 Å². The van der Waals surface area contributed by atoms with E-state index in [0.717, 1.165) is 17.7 Å². The summed E-state index contributed by atoms with van der Waals surface area (Å²) in [5.74, 6) is 1.61. The smallest absolute Gasteiger partial charge is 0.270 e. The Kier molecular flexibility index (Phi) is 5.22. The van der Waals surface area contributed by atoms with E-state index in [-0.39, 0.29) is 22.8 Å². The van der Waals surface area contributed by atoms with Crippen molar-refractivity contribution in [1.29, 1.82) is 0 Å². The number of benzene rings is 1. The minimum atomic E-state index is -0.196. The summed E-state index contributed by atoms with van der Waals surface area (Å²) in [7, 11) is 0. The number of hydrogen-bond donors (Lipinski definition) is 2. The van der Waals surface area contributed by atoms with Gasteiger partial charge in [0.25, 0.3) is 5.56 Å². The summed E-state index contributed by atoms with van der Waals surface area (Å²) in [5.41, 5.74) is 1.45. The summed E-state index contributed by atoms with van der Waals surface area (Å²) in [4.78, 5) is 24.8. The Balaban J connectivity index is 2.06. The summed E-state index contributed by atoms with van der Waals surface area (Å²) >= 11 is 1.47. The van der Waals surface area contributed by atoms with Gasteiger partial charge in [0.05, 0.1) is 23.2 Å². The highest BCUT2D eigenvalue weighted by Gasteiger charge is 2.31. The number of amides is 1. The second-order valence-corrected chi connectivity index (χ2v) is 7.17. The van der Waals surface area contributed by atoms with E-state index in [1.165, 1.54) is 11.8 Å². The van der Waals surface area contributed by atoms with Crippen molar-refractivity contribution in [1.82, 2.24) is 9.78 Å². The van der Waals surface area contributed by atoms with Gasteiger partial charge in [-0.3, -0.25) is 19.4 Å². The second-order valence-electron chi connectivity index (χ2n) is 6.07. The van der Waals surface area contributed by atoms with Crippen LogP contribution < -0.4 is 15.6 Å². The Morgan fingerprint density at radius 3 is 2.64 bits per heavy atom. The van der Waals surface area contributed by atoms with E-state index in [1.54, 1.807) is 4.68 Å². The lowest BCUT2D eigenvalue weighted by Crippen LogP contribution is -2.18. The van der Waals surface area contributed by atoms with Crippen LogP contribution in [0, 0.1) is 0 Å². The monoisotopic (exact) mass is 361 g/mol. The molecule has 2 N–H and O–H groups in total. The number of rotatable bonds is 5. The van der Waals surface area contributed by atoms with Crippen LogP contribution in [-0.4, -0.2) is 28.0 Å². The summed E-state index contributed by atoms with van der Waals surface area (Å²) in [5, 5.41) is 5.60. The van der Waals surface area contributed by atoms with Crippen molar-refractivity contribution in [2.24, 2.45) is 0 Å². The number of hydrogen-bond acceptors (Lipinski definition) is 4. The van der Waals surface area contributed by atoms with E-state index in [2.05, 4.69) is 10.4 Å². The third kappa shape index (κ3) is 3.46. The Bertz CT molecular complexity index is 810. The minimum absolute atomic E-state index is 0.0873. The number of anilines is 1. The molecule has 0 radical (unpaired) electrons. The first-order valence-corrected chi connectivity index (χ1v) is 9.58. The molecule has 1 aromatic heterocycles. The minimum Gasteiger partial charge on any atom is -0.494 e. The topological polar surface area (TPSA) is 76.1 Å². The maximum Gasteiger partial charge on any atom is 0.270 e. The number of thioether (sulfide) groups is 1. The SMILES string of the molecule is CCOc1ccc([C@H]2SCC(=O)Nc3c2c(=O)[nH]n3[C@H](C)CC)cc1. The lowest BCUT2D eigenvalue weighted by molar-refractivity contribution is -0.113.